The fourth-order valence-corrected chi connectivity index (χ4v) is 4.84. The molecule has 6 heteroatoms. The zero-order chi connectivity index (χ0) is 22.2. The average Bonchev–Trinajstić information content (AvgIpc) is 2.72. The molecule has 2 atom stereocenters. The molecule has 0 N–H and O–H groups in total. The van der Waals surface area contributed by atoms with Gasteiger partial charge in [-0.3, -0.25) is 0 Å². The molecule has 0 radical (unpaired) electrons. The maximum Gasteiger partial charge on any atom is 0.573 e. The predicted octanol–water partition coefficient (Wildman–Crippen LogP) is 7.90. The van der Waals surface area contributed by atoms with Crippen LogP contribution in [-0.4, -0.2) is 6.36 Å². The van der Waals surface area contributed by atoms with Crippen molar-refractivity contribution in [2.45, 2.75) is 51.3 Å². The monoisotopic (exact) mass is 434 g/mol. The number of ether oxygens (including phenoxy) is 1. The first kappa shape index (κ1) is 21.6. The van der Waals surface area contributed by atoms with E-state index < -0.39 is 17.9 Å². The van der Waals surface area contributed by atoms with Gasteiger partial charge in [-0.2, -0.15) is 0 Å². The van der Waals surface area contributed by atoms with Crippen LogP contribution in [0.3, 0.4) is 0 Å². The highest BCUT2D eigenvalue weighted by Crippen LogP contribution is 2.46. The fraction of sp³-hybridized carbons (Fsp3) is 0.360. The number of halogens is 5. The van der Waals surface area contributed by atoms with Gasteiger partial charge in [-0.1, -0.05) is 44.0 Å². The Morgan fingerprint density at radius 2 is 1.77 bits per heavy atom. The summed E-state index contributed by atoms with van der Waals surface area (Å²) in [5, 5.41) is 1.78. The van der Waals surface area contributed by atoms with Gasteiger partial charge in [0.25, 0.3) is 0 Å². The largest absolute Gasteiger partial charge is 0.573 e. The summed E-state index contributed by atoms with van der Waals surface area (Å²) in [6, 6.07) is 12.3. The molecule has 0 aromatic heterocycles. The zero-order valence-corrected chi connectivity index (χ0v) is 17.1. The topological polar surface area (TPSA) is 9.23 Å². The van der Waals surface area contributed by atoms with E-state index in [1.165, 1.54) is 18.2 Å². The van der Waals surface area contributed by atoms with Gasteiger partial charge in [0.15, 0.2) is 11.6 Å². The smallest absolute Gasteiger partial charge is 0.403 e. The molecule has 1 aliphatic rings. The van der Waals surface area contributed by atoms with Crippen LogP contribution in [-0.2, 0) is 6.42 Å². The Bertz CT molecular complexity index is 1090. The molecule has 0 spiro atoms. The summed E-state index contributed by atoms with van der Waals surface area (Å²) in [5.41, 5.74) is 2.64. The van der Waals surface area contributed by atoms with Crippen molar-refractivity contribution in [2.24, 2.45) is 5.92 Å². The Labute approximate surface area is 177 Å². The molecule has 1 aliphatic carbocycles. The van der Waals surface area contributed by atoms with Crippen LogP contribution >= 0.6 is 0 Å². The van der Waals surface area contributed by atoms with E-state index >= 15 is 0 Å². The lowest BCUT2D eigenvalue weighted by molar-refractivity contribution is -0.275. The minimum atomic E-state index is -4.95. The molecule has 31 heavy (non-hydrogen) atoms. The van der Waals surface area contributed by atoms with Crippen molar-refractivity contribution in [1.82, 2.24) is 0 Å². The number of unbranched alkanes of at least 4 members (excludes halogenated alkanes) is 1. The Kier molecular flexibility index (Phi) is 5.91. The lowest BCUT2D eigenvalue weighted by Gasteiger charge is -2.35. The van der Waals surface area contributed by atoms with Crippen molar-refractivity contribution in [3.05, 3.63) is 76.9 Å². The summed E-state index contributed by atoms with van der Waals surface area (Å²) >= 11 is 0. The predicted molar refractivity (Wildman–Crippen MR) is 110 cm³/mol. The first-order chi connectivity index (χ1) is 14.8. The van der Waals surface area contributed by atoms with Crippen molar-refractivity contribution in [1.29, 1.82) is 0 Å². The van der Waals surface area contributed by atoms with E-state index in [1.807, 2.05) is 12.1 Å². The van der Waals surface area contributed by atoms with Gasteiger partial charge in [0.05, 0.1) is 0 Å². The zero-order valence-electron chi connectivity index (χ0n) is 17.1. The number of hydrogen-bond acceptors (Lipinski definition) is 1. The fourth-order valence-electron chi connectivity index (χ4n) is 4.84. The van der Waals surface area contributed by atoms with Crippen LogP contribution in [0.15, 0.2) is 48.5 Å². The van der Waals surface area contributed by atoms with Crippen LogP contribution in [0.1, 0.15) is 55.2 Å². The molecule has 0 bridgehead atoms. The van der Waals surface area contributed by atoms with E-state index in [1.54, 1.807) is 6.07 Å². The lowest BCUT2D eigenvalue weighted by atomic mass is 9.69. The highest BCUT2D eigenvalue weighted by molar-refractivity contribution is 5.87. The number of alkyl halides is 3. The number of benzene rings is 3. The minimum absolute atomic E-state index is 0.169. The van der Waals surface area contributed by atoms with Crippen LogP contribution in [0.4, 0.5) is 22.0 Å². The van der Waals surface area contributed by atoms with Gasteiger partial charge in [-0.25, -0.2) is 8.78 Å². The van der Waals surface area contributed by atoms with Crippen LogP contribution in [0, 0.1) is 17.6 Å². The van der Waals surface area contributed by atoms with E-state index in [2.05, 4.69) is 11.7 Å². The summed E-state index contributed by atoms with van der Waals surface area (Å²) in [7, 11) is 0. The maximum absolute atomic E-state index is 14.5. The van der Waals surface area contributed by atoms with Crippen molar-refractivity contribution in [3.63, 3.8) is 0 Å². The average molecular weight is 434 g/mol. The summed E-state index contributed by atoms with van der Waals surface area (Å²) in [6.07, 6.45) is -0.340. The normalized spacial score (nSPS) is 18.8. The van der Waals surface area contributed by atoms with E-state index in [0.29, 0.717) is 5.56 Å². The molecule has 0 aliphatic heterocycles. The van der Waals surface area contributed by atoms with Crippen LogP contribution < -0.4 is 4.74 Å². The second kappa shape index (κ2) is 8.48. The molecule has 164 valence electrons. The number of rotatable bonds is 5. The molecule has 0 fully saturated rings. The van der Waals surface area contributed by atoms with Crippen LogP contribution in [0.2, 0.25) is 0 Å². The summed E-state index contributed by atoms with van der Waals surface area (Å²) < 4.78 is 69.9. The van der Waals surface area contributed by atoms with Crippen molar-refractivity contribution in [2.75, 3.05) is 0 Å². The van der Waals surface area contributed by atoms with E-state index in [-0.39, 0.29) is 17.7 Å². The summed E-state index contributed by atoms with van der Waals surface area (Å²) in [5.74, 6) is -2.13. The Morgan fingerprint density at radius 1 is 1.00 bits per heavy atom. The van der Waals surface area contributed by atoms with Crippen molar-refractivity contribution >= 4 is 10.8 Å². The first-order valence-corrected chi connectivity index (χ1v) is 10.5. The highest BCUT2D eigenvalue weighted by Gasteiger charge is 2.34. The molecule has 3 aromatic carbocycles. The Morgan fingerprint density at radius 3 is 2.48 bits per heavy atom. The van der Waals surface area contributed by atoms with Gasteiger partial charge in [0.1, 0.15) is 5.82 Å². The number of fused-ring (bicyclic) bond motifs is 3. The molecule has 0 saturated carbocycles. The highest BCUT2D eigenvalue weighted by atomic mass is 19.4. The van der Waals surface area contributed by atoms with Crippen molar-refractivity contribution < 1.29 is 26.7 Å². The van der Waals surface area contributed by atoms with Gasteiger partial charge < -0.3 is 4.74 Å². The number of hydrogen-bond donors (Lipinski definition) is 0. The molecule has 0 heterocycles. The van der Waals surface area contributed by atoms with Crippen molar-refractivity contribution in [3.8, 4) is 5.75 Å². The third kappa shape index (κ3) is 4.53. The lowest BCUT2D eigenvalue weighted by Crippen LogP contribution is -2.23. The maximum atomic E-state index is 14.5. The van der Waals surface area contributed by atoms with Crippen LogP contribution in [0.5, 0.6) is 5.75 Å². The van der Waals surface area contributed by atoms with E-state index in [9.17, 15) is 22.0 Å². The minimum Gasteiger partial charge on any atom is -0.403 e. The van der Waals surface area contributed by atoms with E-state index in [4.69, 9.17) is 0 Å². The Hall–Kier alpha value is -2.63. The quantitative estimate of drug-likeness (QED) is 0.371. The molecule has 0 saturated heterocycles. The Balaban J connectivity index is 1.81. The summed E-state index contributed by atoms with van der Waals surface area (Å²) in [6.45, 7) is 2.10. The molecule has 4 rings (SSSR count). The standard InChI is InChI=1S/C25H23F5O/c1-2-3-4-16-7-10-19-20(11-6-15-5-9-18(26)14-21(15)19)24(16)17-8-12-23(22(27)13-17)31-25(28,29)30/h5-6,8-9,11-14,16,24H,2-4,7,10H2,1H3/t16-,24-/m1/s1. The second-order valence-electron chi connectivity index (χ2n) is 8.16. The van der Waals surface area contributed by atoms with Gasteiger partial charge in [0, 0.05) is 5.92 Å². The van der Waals surface area contributed by atoms with Gasteiger partial charge in [0.2, 0.25) is 0 Å². The summed E-state index contributed by atoms with van der Waals surface area (Å²) in [4.78, 5) is 0. The van der Waals surface area contributed by atoms with Gasteiger partial charge >= 0.3 is 6.36 Å². The molecule has 0 unspecified atom stereocenters. The molecular formula is C25H23F5O. The van der Waals surface area contributed by atoms with Gasteiger partial charge in [-0.05, 0) is 76.9 Å². The SMILES string of the molecule is CCCC[C@@H]1CCc2c(ccc3ccc(F)cc23)[C@H]1c1ccc(OC(F)(F)F)c(F)c1. The second-order valence-corrected chi connectivity index (χ2v) is 8.16. The third-order valence-corrected chi connectivity index (χ3v) is 6.17. The van der Waals surface area contributed by atoms with E-state index in [0.717, 1.165) is 66.1 Å². The van der Waals surface area contributed by atoms with Crippen LogP contribution in [0.25, 0.3) is 10.8 Å². The molecular weight excluding hydrogens is 411 g/mol. The molecule has 1 nitrogen and oxygen atoms in total. The molecule has 0 amide bonds. The third-order valence-electron chi connectivity index (χ3n) is 6.17. The van der Waals surface area contributed by atoms with Gasteiger partial charge in [-0.15, -0.1) is 13.2 Å². The molecule has 3 aromatic rings. The first-order valence-electron chi connectivity index (χ1n) is 10.5. The number of aryl methyl sites for hydroxylation is 1.